The number of para-hydroxylation sites is 1. The average Bonchev–Trinajstić information content (AvgIpc) is 3.38. The van der Waals surface area contributed by atoms with Crippen molar-refractivity contribution in [2.75, 3.05) is 5.32 Å². The number of nitrogens with one attached hydrogen (secondary N) is 3. The minimum absolute atomic E-state index is 0.296. The number of nitrogens with zero attached hydrogens (tertiary/aromatic N) is 2. The second-order valence-corrected chi connectivity index (χ2v) is 7.54. The Kier molecular flexibility index (Phi) is 5.55. The van der Waals surface area contributed by atoms with Crippen molar-refractivity contribution in [2.45, 2.75) is 12.5 Å². The van der Waals surface area contributed by atoms with Crippen molar-refractivity contribution in [3.8, 4) is 0 Å². The van der Waals surface area contributed by atoms with Crippen molar-refractivity contribution in [3.05, 3.63) is 76.4 Å². The first-order valence-electron chi connectivity index (χ1n) is 8.79. The van der Waals surface area contributed by atoms with Gasteiger partial charge in [0, 0.05) is 23.5 Å². The highest BCUT2D eigenvalue weighted by Crippen LogP contribution is 2.21. The Bertz CT molecular complexity index is 1160. The van der Waals surface area contributed by atoms with E-state index < -0.39 is 11.9 Å². The monoisotopic (exact) mass is 425 g/mol. The van der Waals surface area contributed by atoms with Gasteiger partial charge >= 0.3 is 0 Å². The maximum Gasteiger partial charge on any atom is 0.253 e. The summed E-state index contributed by atoms with van der Waals surface area (Å²) >= 11 is 7.34. The fourth-order valence-electron chi connectivity index (χ4n) is 3.03. The lowest BCUT2D eigenvalue weighted by Crippen LogP contribution is -2.45. The zero-order valence-electron chi connectivity index (χ0n) is 15.1. The van der Waals surface area contributed by atoms with Gasteiger partial charge in [-0.15, -0.1) is 10.2 Å². The standard InChI is InChI=1S/C20H16ClN5O2S/c21-15-7-3-1-6-14(15)18(27)24-17(19(28)25-20-26-23-11-29-20)9-12-10-22-16-8-4-2-5-13(12)16/h1-8,10-11,17,22H,9H2,(H,24,27)(H,25,26,28). The molecule has 0 aliphatic carbocycles. The number of fused-ring (bicyclic) bond motifs is 1. The molecule has 0 saturated carbocycles. The lowest BCUT2D eigenvalue weighted by atomic mass is 10.0. The zero-order chi connectivity index (χ0) is 20.2. The van der Waals surface area contributed by atoms with Crippen LogP contribution in [0.15, 0.2) is 60.2 Å². The van der Waals surface area contributed by atoms with Gasteiger partial charge in [0.1, 0.15) is 11.6 Å². The normalized spacial score (nSPS) is 11.9. The molecule has 2 aromatic carbocycles. The molecule has 0 fully saturated rings. The molecule has 0 saturated heterocycles. The fraction of sp³-hybridized carbons (Fsp3) is 0.100. The number of halogens is 1. The first kappa shape index (κ1) is 19.1. The van der Waals surface area contributed by atoms with E-state index in [1.165, 1.54) is 16.8 Å². The van der Waals surface area contributed by atoms with E-state index >= 15 is 0 Å². The van der Waals surface area contributed by atoms with E-state index in [4.69, 9.17) is 11.6 Å². The van der Waals surface area contributed by atoms with Crippen molar-refractivity contribution in [1.82, 2.24) is 20.5 Å². The predicted octanol–water partition coefficient (Wildman–Crippen LogP) is 3.65. The fourth-order valence-corrected chi connectivity index (χ4v) is 3.70. The van der Waals surface area contributed by atoms with Gasteiger partial charge < -0.3 is 10.3 Å². The number of hydrogen-bond acceptors (Lipinski definition) is 5. The molecule has 0 bridgehead atoms. The predicted molar refractivity (Wildman–Crippen MR) is 113 cm³/mol. The van der Waals surface area contributed by atoms with E-state index in [1.807, 2.05) is 30.5 Å². The molecule has 2 aromatic heterocycles. The van der Waals surface area contributed by atoms with Crippen LogP contribution >= 0.6 is 22.9 Å². The maximum atomic E-state index is 12.9. The highest BCUT2D eigenvalue weighted by atomic mass is 35.5. The first-order valence-corrected chi connectivity index (χ1v) is 10.0. The maximum absolute atomic E-state index is 12.9. The van der Waals surface area contributed by atoms with Gasteiger partial charge in [-0.2, -0.15) is 0 Å². The van der Waals surface area contributed by atoms with Gasteiger partial charge in [-0.25, -0.2) is 0 Å². The summed E-state index contributed by atoms with van der Waals surface area (Å²) in [5.41, 5.74) is 3.70. The molecule has 0 aliphatic heterocycles. The smallest absolute Gasteiger partial charge is 0.253 e. The Morgan fingerprint density at radius 1 is 1.14 bits per heavy atom. The molecule has 29 heavy (non-hydrogen) atoms. The Balaban J connectivity index is 1.60. The number of carbonyl (C=O) groups is 2. The molecule has 2 heterocycles. The number of anilines is 1. The van der Waals surface area contributed by atoms with Crippen LogP contribution in [0.25, 0.3) is 10.9 Å². The number of carbonyl (C=O) groups excluding carboxylic acids is 2. The van der Waals surface area contributed by atoms with Crippen molar-refractivity contribution in [3.63, 3.8) is 0 Å². The number of aromatic amines is 1. The molecule has 146 valence electrons. The van der Waals surface area contributed by atoms with E-state index in [-0.39, 0.29) is 5.91 Å². The van der Waals surface area contributed by atoms with Gasteiger partial charge in [0.15, 0.2) is 0 Å². The molecule has 0 aliphatic rings. The number of benzene rings is 2. The summed E-state index contributed by atoms with van der Waals surface area (Å²) in [5.74, 6) is -0.805. The lowest BCUT2D eigenvalue weighted by Gasteiger charge is -2.18. The third-order valence-electron chi connectivity index (χ3n) is 4.43. The molecule has 4 aromatic rings. The molecule has 0 spiro atoms. The van der Waals surface area contributed by atoms with Crippen molar-refractivity contribution >= 4 is 50.8 Å². The highest BCUT2D eigenvalue weighted by molar-refractivity contribution is 7.13. The van der Waals surface area contributed by atoms with Crippen LogP contribution in [0.5, 0.6) is 0 Å². The summed E-state index contributed by atoms with van der Waals surface area (Å²) < 4.78 is 0. The Labute approximate surface area is 175 Å². The molecule has 7 nitrogen and oxygen atoms in total. The van der Waals surface area contributed by atoms with E-state index in [2.05, 4.69) is 25.8 Å². The molecule has 1 atom stereocenters. The third-order valence-corrected chi connectivity index (χ3v) is 5.37. The second kappa shape index (κ2) is 8.42. The molecular formula is C20H16ClN5O2S. The topological polar surface area (TPSA) is 99.8 Å². The number of amides is 2. The molecule has 1 unspecified atom stereocenters. The number of rotatable bonds is 6. The summed E-state index contributed by atoms with van der Waals surface area (Å²) in [4.78, 5) is 28.8. The summed E-state index contributed by atoms with van der Waals surface area (Å²) in [6.07, 6.45) is 2.14. The molecular weight excluding hydrogens is 410 g/mol. The van der Waals surface area contributed by atoms with Crippen LogP contribution in [0, 0.1) is 0 Å². The summed E-state index contributed by atoms with van der Waals surface area (Å²) in [7, 11) is 0. The Hall–Kier alpha value is -3.23. The van der Waals surface area contributed by atoms with Gasteiger partial charge in [0.05, 0.1) is 10.6 Å². The number of hydrogen-bond donors (Lipinski definition) is 3. The van der Waals surface area contributed by atoms with Crippen molar-refractivity contribution < 1.29 is 9.59 Å². The summed E-state index contributed by atoms with van der Waals surface area (Å²) in [6.45, 7) is 0. The molecule has 4 rings (SSSR count). The SMILES string of the molecule is O=C(NC(Cc1c[nH]c2ccccc12)C(=O)Nc1nncs1)c1ccccc1Cl. The van der Waals surface area contributed by atoms with Crippen LogP contribution in [0.1, 0.15) is 15.9 Å². The first-order chi connectivity index (χ1) is 14.1. The second-order valence-electron chi connectivity index (χ2n) is 6.30. The molecule has 2 amide bonds. The molecule has 0 radical (unpaired) electrons. The summed E-state index contributed by atoms with van der Waals surface area (Å²) in [5, 5.41) is 14.7. The minimum atomic E-state index is -0.832. The van der Waals surface area contributed by atoms with Gasteiger partial charge in [-0.1, -0.05) is 53.3 Å². The third kappa shape index (κ3) is 4.28. The number of H-pyrrole nitrogens is 1. The Morgan fingerprint density at radius 2 is 1.93 bits per heavy atom. The minimum Gasteiger partial charge on any atom is -0.361 e. The van der Waals surface area contributed by atoms with Crippen LogP contribution in [0.3, 0.4) is 0 Å². The van der Waals surface area contributed by atoms with E-state index in [9.17, 15) is 9.59 Å². The van der Waals surface area contributed by atoms with Crippen LogP contribution in [0.4, 0.5) is 5.13 Å². The van der Waals surface area contributed by atoms with Gasteiger partial charge in [0.25, 0.3) is 5.91 Å². The van der Waals surface area contributed by atoms with E-state index in [0.717, 1.165) is 16.5 Å². The van der Waals surface area contributed by atoms with Crippen molar-refractivity contribution in [1.29, 1.82) is 0 Å². The average molecular weight is 426 g/mol. The van der Waals surface area contributed by atoms with Crippen LogP contribution < -0.4 is 10.6 Å². The Morgan fingerprint density at radius 3 is 2.72 bits per heavy atom. The van der Waals surface area contributed by atoms with E-state index in [0.29, 0.717) is 22.1 Å². The van der Waals surface area contributed by atoms with E-state index in [1.54, 1.807) is 24.3 Å². The molecule has 9 heteroatoms. The van der Waals surface area contributed by atoms with Crippen LogP contribution in [-0.2, 0) is 11.2 Å². The number of aromatic nitrogens is 3. The summed E-state index contributed by atoms with van der Waals surface area (Å²) in [6, 6.07) is 13.7. The van der Waals surface area contributed by atoms with Crippen LogP contribution in [-0.4, -0.2) is 33.0 Å². The van der Waals surface area contributed by atoms with Gasteiger partial charge in [-0.3, -0.25) is 14.9 Å². The van der Waals surface area contributed by atoms with Crippen LogP contribution in [0.2, 0.25) is 5.02 Å². The van der Waals surface area contributed by atoms with Gasteiger partial charge in [-0.05, 0) is 23.8 Å². The zero-order valence-corrected chi connectivity index (χ0v) is 16.6. The molecule has 3 N–H and O–H groups in total. The largest absolute Gasteiger partial charge is 0.361 e. The van der Waals surface area contributed by atoms with Crippen molar-refractivity contribution in [2.24, 2.45) is 0 Å². The highest BCUT2D eigenvalue weighted by Gasteiger charge is 2.24. The van der Waals surface area contributed by atoms with Gasteiger partial charge in [0.2, 0.25) is 11.0 Å². The lowest BCUT2D eigenvalue weighted by molar-refractivity contribution is -0.118. The quantitative estimate of drug-likeness (QED) is 0.439.